The van der Waals surface area contributed by atoms with Gasteiger partial charge in [-0.3, -0.25) is 0 Å². The number of carbonyl (C=O) groups excluding carboxylic acids is 1. The number of thiophene rings is 1. The molecule has 0 unspecified atom stereocenters. The first kappa shape index (κ1) is 17.3. The van der Waals surface area contributed by atoms with Gasteiger partial charge in [0.15, 0.2) is 0 Å². The Labute approximate surface area is 153 Å². The molecule has 7 heteroatoms. The van der Waals surface area contributed by atoms with E-state index in [0.717, 1.165) is 27.3 Å². The number of fused-ring (bicyclic) bond motifs is 1. The number of carbonyl (C=O) groups is 1. The minimum absolute atomic E-state index is 0.275. The van der Waals surface area contributed by atoms with E-state index in [1.54, 1.807) is 6.92 Å². The summed E-state index contributed by atoms with van der Waals surface area (Å²) in [5.74, 6) is -0.0152. The van der Waals surface area contributed by atoms with E-state index in [1.807, 2.05) is 36.4 Å². The molecule has 25 heavy (non-hydrogen) atoms. The zero-order valence-electron chi connectivity index (χ0n) is 13.5. The quantitative estimate of drug-likeness (QED) is 0.535. The summed E-state index contributed by atoms with van der Waals surface area (Å²) in [5.41, 5.74) is 7.76. The third kappa shape index (κ3) is 3.60. The van der Waals surface area contributed by atoms with Gasteiger partial charge in [0.05, 0.1) is 22.7 Å². The highest BCUT2D eigenvalue weighted by Gasteiger charge is 2.22. The van der Waals surface area contributed by atoms with Crippen molar-refractivity contribution in [2.45, 2.75) is 17.7 Å². The van der Waals surface area contributed by atoms with E-state index >= 15 is 0 Å². The average molecular weight is 369 g/mol. The summed E-state index contributed by atoms with van der Waals surface area (Å²) in [4.78, 5) is 17.1. The van der Waals surface area contributed by atoms with Gasteiger partial charge in [-0.1, -0.05) is 24.3 Å². The molecule has 0 aliphatic rings. The molecule has 3 aromatic rings. The molecule has 0 aliphatic carbocycles. The van der Waals surface area contributed by atoms with Gasteiger partial charge >= 0.3 is 5.97 Å². The Bertz CT molecular complexity index is 976. The van der Waals surface area contributed by atoms with Crippen molar-refractivity contribution in [1.29, 1.82) is 5.26 Å². The molecular formula is C18H15N3O2S2. The Morgan fingerprint density at radius 3 is 2.92 bits per heavy atom. The van der Waals surface area contributed by atoms with Crippen LogP contribution in [0.1, 0.15) is 27.7 Å². The van der Waals surface area contributed by atoms with E-state index in [4.69, 9.17) is 10.5 Å². The van der Waals surface area contributed by atoms with Crippen LogP contribution in [-0.4, -0.2) is 17.6 Å². The number of ether oxygens (including phenoxy) is 1. The molecule has 0 radical (unpaired) electrons. The standard InChI is InChI=1S/C18H15N3O2S2/c1-2-23-18(22)16-13(12(9-19)17(20)25-16)10-24-15-8-7-11-5-3-4-6-14(11)21-15/h3-8H,2,10,20H2,1H3. The summed E-state index contributed by atoms with van der Waals surface area (Å²) in [6.45, 7) is 2.02. The second kappa shape index (κ2) is 7.55. The maximum atomic E-state index is 12.1. The molecule has 2 N–H and O–H groups in total. The number of para-hydroxylation sites is 1. The fraction of sp³-hybridized carbons (Fsp3) is 0.167. The zero-order chi connectivity index (χ0) is 17.8. The Morgan fingerprint density at radius 2 is 2.16 bits per heavy atom. The number of hydrogen-bond donors (Lipinski definition) is 1. The van der Waals surface area contributed by atoms with Gasteiger partial charge in [0.2, 0.25) is 0 Å². The molecule has 0 bridgehead atoms. The third-order valence-electron chi connectivity index (χ3n) is 3.54. The van der Waals surface area contributed by atoms with Crippen molar-refractivity contribution in [2.24, 2.45) is 0 Å². The van der Waals surface area contributed by atoms with Crippen LogP contribution in [0.4, 0.5) is 5.00 Å². The number of thioether (sulfide) groups is 1. The van der Waals surface area contributed by atoms with Crippen molar-refractivity contribution >= 4 is 45.0 Å². The van der Waals surface area contributed by atoms with Gasteiger partial charge in [0.25, 0.3) is 0 Å². The molecular weight excluding hydrogens is 354 g/mol. The van der Waals surface area contributed by atoms with Crippen LogP contribution in [0.2, 0.25) is 0 Å². The number of esters is 1. The molecule has 0 fully saturated rings. The molecule has 0 saturated carbocycles. The normalized spacial score (nSPS) is 10.6. The van der Waals surface area contributed by atoms with Gasteiger partial charge in [-0.05, 0) is 19.1 Å². The number of nitrogens with zero attached hydrogens (tertiary/aromatic N) is 2. The number of aromatic nitrogens is 1. The number of nitrogen functional groups attached to an aromatic ring is 1. The Kier molecular flexibility index (Phi) is 5.22. The van der Waals surface area contributed by atoms with E-state index in [-0.39, 0.29) is 6.61 Å². The molecule has 0 aliphatic heterocycles. The second-order valence-electron chi connectivity index (χ2n) is 5.11. The summed E-state index contributed by atoms with van der Waals surface area (Å²) in [5, 5.41) is 11.6. The third-order valence-corrected chi connectivity index (χ3v) is 5.54. The lowest BCUT2D eigenvalue weighted by Crippen LogP contribution is -2.05. The predicted molar refractivity (Wildman–Crippen MR) is 101 cm³/mol. The van der Waals surface area contributed by atoms with E-state index in [0.29, 0.717) is 26.8 Å². The Hall–Kier alpha value is -2.56. The van der Waals surface area contributed by atoms with Gasteiger partial charge < -0.3 is 10.5 Å². The molecule has 0 spiro atoms. The number of benzene rings is 1. The number of hydrogen-bond acceptors (Lipinski definition) is 7. The van der Waals surface area contributed by atoms with Gasteiger partial charge in [0, 0.05) is 16.7 Å². The highest BCUT2D eigenvalue weighted by molar-refractivity contribution is 7.98. The van der Waals surface area contributed by atoms with E-state index < -0.39 is 5.97 Å². The van der Waals surface area contributed by atoms with Crippen molar-refractivity contribution in [3.05, 3.63) is 52.4 Å². The summed E-state index contributed by atoms with van der Waals surface area (Å²) in [6, 6.07) is 13.9. The van der Waals surface area contributed by atoms with Gasteiger partial charge in [-0.2, -0.15) is 5.26 Å². The number of nitriles is 1. The predicted octanol–water partition coefficient (Wildman–Crippen LogP) is 4.22. The topological polar surface area (TPSA) is 89.0 Å². The lowest BCUT2D eigenvalue weighted by molar-refractivity contribution is 0.0531. The molecule has 126 valence electrons. The van der Waals surface area contributed by atoms with Gasteiger partial charge in [-0.15, -0.1) is 23.1 Å². The Morgan fingerprint density at radius 1 is 1.36 bits per heavy atom. The highest BCUT2D eigenvalue weighted by Crippen LogP contribution is 2.35. The summed E-state index contributed by atoms with van der Waals surface area (Å²) >= 11 is 2.56. The highest BCUT2D eigenvalue weighted by atomic mass is 32.2. The first-order valence-electron chi connectivity index (χ1n) is 7.61. The maximum Gasteiger partial charge on any atom is 0.348 e. The molecule has 3 rings (SSSR count). The lowest BCUT2D eigenvalue weighted by atomic mass is 10.2. The maximum absolute atomic E-state index is 12.1. The molecule has 5 nitrogen and oxygen atoms in total. The van der Waals surface area contributed by atoms with Crippen molar-refractivity contribution in [3.63, 3.8) is 0 Å². The van der Waals surface area contributed by atoms with Crippen LogP contribution in [0.5, 0.6) is 0 Å². The Balaban J connectivity index is 1.88. The van der Waals surface area contributed by atoms with Crippen LogP contribution in [0.15, 0.2) is 41.4 Å². The minimum Gasteiger partial charge on any atom is -0.462 e. The van der Waals surface area contributed by atoms with Crippen LogP contribution in [0, 0.1) is 11.3 Å². The number of nitrogens with two attached hydrogens (primary N) is 1. The first-order valence-corrected chi connectivity index (χ1v) is 9.41. The molecule has 1 aromatic carbocycles. The van der Waals surface area contributed by atoms with Crippen LogP contribution < -0.4 is 5.73 Å². The van der Waals surface area contributed by atoms with Crippen LogP contribution >= 0.6 is 23.1 Å². The molecule has 0 saturated heterocycles. The fourth-order valence-electron chi connectivity index (χ4n) is 2.38. The summed E-state index contributed by atoms with van der Waals surface area (Å²) in [6.07, 6.45) is 0. The van der Waals surface area contributed by atoms with Crippen molar-refractivity contribution < 1.29 is 9.53 Å². The zero-order valence-corrected chi connectivity index (χ0v) is 15.1. The molecule has 0 atom stereocenters. The largest absolute Gasteiger partial charge is 0.462 e. The molecule has 2 aromatic heterocycles. The molecule has 2 heterocycles. The van der Waals surface area contributed by atoms with Gasteiger partial charge in [0.1, 0.15) is 15.9 Å². The first-order chi connectivity index (χ1) is 12.1. The number of anilines is 1. The second-order valence-corrected chi connectivity index (χ2v) is 7.16. The number of rotatable bonds is 5. The SMILES string of the molecule is CCOC(=O)c1sc(N)c(C#N)c1CSc1ccc2ccccc2n1. The van der Waals surface area contributed by atoms with Crippen LogP contribution in [0.3, 0.4) is 0 Å². The smallest absolute Gasteiger partial charge is 0.348 e. The van der Waals surface area contributed by atoms with Gasteiger partial charge in [-0.25, -0.2) is 9.78 Å². The number of pyridine rings is 1. The minimum atomic E-state index is -0.442. The fourth-order valence-corrected chi connectivity index (χ4v) is 4.31. The lowest BCUT2D eigenvalue weighted by Gasteiger charge is -2.05. The van der Waals surface area contributed by atoms with Crippen molar-refractivity contribution in [3.8, 4) is 6.07 Å². The van der Waals surface area contributed by atoms with E-state index in [9.17, 15) is 10.1 Å². The van der Waals surface area contributed by atoms with E-state index in [2.05, 4.69) is 11.1 Å². The van der Waals surface area contributed by atoms with Crippen molar-refractivity contribution in [1.82, 2.24) is 4.98 Å². The van der Waals surface area contributed by atoms with E-state index in [1.165, 1.54) is 11.8 Å². The summed E-state index contributed by atoms with van der Waals surface area (Å²) < 4.78 is 5.07. The van der Waals surface area contributed by atoms with Crippen molar-refractivity contribution in [2.75, 3.05) is 12.3 Å². The average Bonchev–Trinajstić information content (AvgIpc) is 2.95. The summed E-state index contributed by atoms with van der Waals surface area (Å²) in [7, 11) is 0. The monoisotopic (exact) mass is 369 g/mol. The molecule has 0 amide bonds. The van der Waals surface area contributed by atoms with Crippen LogP contribution in [-0.2, 0) is 10.5 Å². The van der Waals surface area contributed by atoms with Crippen LogP contribution in [0.25, 0.3) is 10.9 Å².